The Hall–Kier alpha value is -0.710. The lowest BCUT2D eigenvalue weighted by Gasteiger charge is -2.17. The van der Waals surface area contributed by atoms with E-state index < -0.39 is 0 Å². The van der Waals surface area contributed by atoms with Crippen molar-refractivity contribution in [2.75, 3.05) is 7.05 Å². The fraction of sp³-hybridized carbons (Fsp3) is 0.333. The summed E-state index contributed by atoms with van der Waals surface area (Å²) in [5.74, 6) is -0.185. The van der Waals surface area contributed by atoms with Crippen LogP contribution in [0.15, 0.2) is 34.1 Å². The topological polar surface area (TPSA) is 12.0 Å². The zero-order valence-electron chi connectivity index (χ0n) is 11.0. The summed E-state index contributed by atoms with van der Waals surface area (Å²) in [4.78, 5) is 1.35. The van der Waals surface area contributed by atoms with Crippen molar-refractivity contribution in [3.8, 4) is 0 Å². The third-order valence-electron chi connectivity index (χ3n) is 3.26. The Labute approximate surface area is 126 Å². The summed E-state index contributed by atoms with van der Waals surface area (Å²) in [5, 5.41) is 5.47. The van der Waals surface area contributed by atoms with Gasteiger partial charge >= 0.3 is 0 Å². The Morgan fingerprint density at radius 3 is 2.79 bits per heavy atom. The molecular formula is C15H17BrFNS. The molecule has 0 aliphatic rings. The Balaban J connectivity index is 2.26. The van der Waals surface area contributed by atoms with Crippen molar-refractivity contribution < 1.29 is 4.39 Å². The van der Waals surface area contributed by atoms with Gasteiger partial charge in [-0.05, 0) is 60.7 Å². The molecule has 102 valence electrons. The van der Waals surface area contributed by atoms with E-state index in [-0.39, 0.29) is 11.9 Å². The number of rotatable bonds is 5. The maximum Gasteiger partial charge on any atom is 0.123 e. The van der Waals surface area contributed by atoms with Crippen LogP contribution in [0, 0.1) is 5.82 Å². The van der Waals surface area contributed by atoms with Gasteiger partial charge in [0.15, 0.2) is 0 Å². The lowest BCUT2D eigenvalue weighted by atomic mass is 10.0. The summed E-state index contributed by atoms with van der Waals surface area (Å²) in [6, 6.07) is 7.25. The second-order valence-corrected chi connectivity index (χ2v) is 6.25. The number of benzene rings is 1. The lowest BCUT2D eigenvalue weighted by Crippen LogP contribution is -2.19. The quantitative estimate of drug-likeness (QED) is 0.829. The predicted octanol–water partition coefficient (Wildman–Crippen LogP) is 4.72. The molecule has 0 radical (unpaired) electrons. The zero-order chi connectivity index (χ0) is 13.8. The third-order valence-corrected chi connectivity index (χ3v) is 5.10. The van der Waals surface area contributed by atoms with Crippen LogP contribution in [0.1, 0.15) is 29.0 Å². The van der Waals surface area contributed by atoms with Crippen LogP contribution in [-0.4, -0.2) is 7.05 Å². The van der Waals surface area contributed by atoms with Crippen LogP contribution in [0.25, 0.3) is 0 Å². The molecule has 0 bridgehead atoms. The standard InChI is InChI=1S/C15H17BrFNS/c1-3-10-6-7-19-15(10)14(18-2)9-11-8-12(17)4-5-13(11)16/h4-8,14,18H,3,9H2,1-2H3. The van der Waals surface area contributed by atoms with Crippen molar-refractivity contribution in [3.05, 3.63) is 55.9 Å². The Morgan fingerprint density at radius 2 is 2.11 bits per heavy atom. The van der Waals surface area contributed by atoms with E-state index in [1.165, 1.54) is 16.5 Å². The summed E-state index contributed by atoms with van der Waals surface area (Å²) in [7, 11) is 1.96. The molecular weight excluding hydrogens is 325 g/mol. The number of halogens is 2. The van der Waals surface area contributed by atoms with E-state index in [0.29, 0.717) is 0 Å². The molecule has 1 aromatic heterocycles. The van der Waals surface area contributed by atoms with Gasteiger partial charge in [-0.2, -0.15) is 0 Å². The first-order valence-corrected chi connectivity index (χ1v) is 8.00. The minimum atomic E-state index is -0.185. The minimum absolute atomic E-state index is 0.185. The van der Waals surface area contributed by atoms with Crippen molar-refractivity contribution in [1.29, 1.82) is 0 Å². The first kappa shape index (κ1) is 14.7. The van der Waals surface area contributed by atoms with E-state index in [0.717, 1.165) is 22.9 Å². The number of hydrogen-bond donors (Lipinski definition) is 1. The highest BCUT2D eigenvalue weighted by molar-refractivity contribution is 9.10. The predicted molar refractivity (Wildman–Crippen MR) is 83.3 cm³/mol. The van der Waals surface area contributed by atoms with Crippen molar-refractivity contribution in [1.82, 2.24) is 5.32 Å². The fourth-order valence-electron chi connectivity index (χ4n) is 2.19. The largest absolute Gasteiger partial charge is 0.312 e. The maximum atomic E-state index is 13.4. The normalized spacial score (nSPS) is 12.6. The SMILES string of the molecule is CCc1ccsc1C(Cc1cc(F)ccc1Br)NC. The Bertz CT molecular complexity index is 553. The highest BCUT2D eigenvalue weighted by Gasteiger charge is 2.16. The van der Waals surface area contributed by atoms with E-state index in [1.807, 2.05) is 7.05 Å². The van der Waals surface area contributed by atoms with Gasteiger partial charge in [0.2, 0.25) is 0 Å². The molecule has 0 aliphatic heterocycles. The summed E-state index contributed by atoms with van der Waals surface area (Å²) in [5.41, 5.74) is 2.37. The molecule has 0 fully saturated rings. The fourth-order valence-corrected chi connectivity index (χ4v) is 3.71. The van der Waals surface area contributed by atoms with Crippen LogP contribution in [0.4, 0.5) is 4.39 Å². The zero-order valence-corrected chi connectivity index (χ0v) is 13.4. The van der Waals surface area contributed by atoms with E-state index in [1.54, 1.807) is 23.5 Å². The van der Waals surface area contributed by atoms with Gasteiger partial charge in [0.1, 0.15) is 5.82 Å². The van der Waals surface area contributed by atoms with Crippen molar-refractivity contribution in [3.63, 3.8) is 0 Å². The van der Waals surface area contributed by atoms with Gasteiger partial charge in [0, 0.05) is 15.4 Å². The number of thiophene rings is 1. The molecule has 4 heteroatoms. The second-order valence-electron chi connectivity index (χ2n) is 4.44. The number of aryl methyl sites for hydroxylation is 1. The molecule has 1 unspecified atom stereocenters. The molecule has 1 aromatic carbocycles. The monoisotopic (exact) mass is 341 g/mol. The summed E-state index contributed by atoms with van der Waals surface area (Å²) < 4.78 is 14.3. The number of hydrogen-bond acceptors (Lipinski definition) is 2. The van der Waals surface area contributed by atoms with Gasteiger partial charge in [-0.1, -0.05) is 22.9 Å². The Morgan fingerprint density at radius 1 is 1.32 bits per heavy atom. The molecule has 19 heavy (non-hydrogen) atoms. The van der Waals surface area contributed by atoms with E-state index in [4.69, 9.17) is 0 Å². The molecule has 0 spiro atoms. The van der Waals surface area contributed by atoms with Crippen molar-refractivity contribution >= 4 is 27.3 Å². The maximum absolute atomic E-state index is 13.4. The summed E-state index contributed by atoms with van der Waals surface area (Å²) in [6.45, 7) is 2.16. The summed E-state index contributed by atoms with van der Waals surface area (Å²) in [6.07, 6.45) is 1.81. The first-order valence-electron chi connectivity index (χ1n) is 6.33. The average Bonchev–Trinajstić information content (AvgIpc) is 2.88. The second kappa shape index (κ2) is 6.64. The van der Waals surface area contributed by atoms with Crippen LogP contribution in [0.2, 0.25) is 0 Å². The van der Waals surface area contributed by atoms with Gasteiger partial charge in [0.05, 0.1) is 0 Å². The molecule has 1 N–H and O–H groups in total. The third kappa shape index (κ3) is 3.44. The highest BCUT2D eigenvalue weighted by Crippen LogP contribution is 2.30. The van der Waals surface area contributed by atoms with Gasteiger partial charge in [-0.25, -0.2) is 4.39 Å². The van der Waals surface area contributed by atoms with Crippen LogP contribution >= 0.6 is 27.3 Å². The molecule has 1 atom stereocenters. The van der Waals surface area contributed by atoms with E-state index in [9.17, 15) is 4.39 Å². The van der Waals surface area contributed by atoms with Crippen molar-refractivity contribution in [2.45, 2.75) is 25.8 Å². The molecule has 0 saturated carbocycles. The molecule has 0 aliphatic carbocycles. The summed E-state index contributed by atoms with van der Waals surface area (Å²) >= 11 is 5.26. The molecule has 1 heterocycles. The minimum Gasteiger partial charge on any atom is -0.312 e. The van der Waals surface area contributed by atoms with Crippen LogP contribution < -0.4 is 5.32 Å². The van der Waals surface area contributed by atoms with Gasteiger partial charge in [-0.3, -0.25) is 0 Å². The number of likely N-dealkylation sites (N-methyl/N-ethyl adjacent to an activating group) is 1. The first-order chi connectivity index (χ1) is 9.15. The molecule has 0 saturated heterocycles. The smallest absolute Gasteiger partial charge is 0.123 e. The molecule has 2 rings (SSSR count). The van der Waals surface area contributed by atoms with Crippen molar-refractivity contribution in [2.24, 2.45) is 0 Å². The average molecular weight is 342 g/mol. The van der Waals surface area contributed by atoms with Gasteiger partial charge in [-0.15, -0.1) is 11.3 Å². The van der Waals surface area contributed by atoms with Crippen LogP contribution in [0.5, 0.6) is 0 Å². The molecule has 1 nitrogen and oxygen atoms in total. The highest BCUT2D eigenvalue weighted by atomic mass is 79.9. The van der Waals surface area contributed by atoms with E-state index >= 15 is 0 Å². The van der Waals surface area contributed by atoms with Crippen LogP contribution in [0.3, 0.4) is 0 Å². The van der Waals surface area contributed by atoms with Gasteiger partial charge < -0.3 is 5.32 Å². The molecule has 2 aromatic rings. The molecule has 0 amide bonds. The lowest BCUT2D eigenvalue weighted by molar-refractivity contribution is 0.587. The van der Waals surface area contributed by atoms with Crippen LogP contribution in [-0.2, 0) is 12.8 Å². The van der Waals surface area contributed by atoms with Gasteiger partial charge in [0.25, 0.3) is 0 Å². The number of nitrogens with one attached hydrogen (secondary N) is 1. The Kier molecular flexibility index (Phi) is 5.13. The van der Waals surface area contributed by atoms with E-state index in [2.05, 4.69) is 39.6 Å².